The van der Waals surface area contributed by atoms with Gasteiger partial charge < -0.3 is 9.47 Å². The monoisotopic (exact) mass is 272 g/mol. The molecule has 0 radical (unpaired) electrons. The highest BCUT2D eigenvalue weighted by atomic mass is 17.2. The molecule has 102 valence electrons. The summed E-state index contributed by atoms with van der Waals surface area (Å²) in [4.78, 5) is 21.5. The van der Waals surface area contributed by atoms with Gasteiger partial charge in [0.2, 0.25) is 6.79 Å². The minimum absolute atomic E-state index is 0.165. The summed E-state index contributed by atoms with van der Waals surface area (Å²) in [6.45, 7) is 0.371. The van der Waals surface area contributed by atoms with E-state index in [-0.39, 0.29) is 13.4 Å². The Balaban J connectivity index is 1.57. The largest absolute Gasteiger partial charge is 0.454 e. The van der Waals surface area contributed by atoms with Crippen LogP contribution in [0, 0.1) is 0 Å². The van der Waals surface area contributed by atoms with Crippen LogP contribution in [0.3, 0.4) is 0 Å². The second kappa shape index (κ2) is 5.63. The van der Waals surface area contributed by atoms with E-state index < -0.39 is 5.97 Å². The maximum Gasteiger partial charge on any atom is 0.373 e. The molecule has 1 aliphatic rings. The zero-order valence-corrected chi connectivity index (χ0v) is 10.6. The zero-order valence-electron chi connectivity index (χ0n) is 10.6. The maximum absolute atomic E-state index is 11.8. The molecule has 0 N–H and O–H groups in total. The highest BCUT2D eigenvalue weighted by Gasteiger charge is 2.17. The molecule has 0 spiro atoms. The average molecular weight is 272 g/mol. The first-order valence-corrected chi connectivity index (χ1v) is 6.10. The fourth-order valence-electron chi connectivity index (χ4n) is 1.80. The van der Waals surface area contributed by atoms with Gasteiger partial charge in [0, 0.05) is 0 Å². The molecule has 1 heterocycles. The van der Waals surface area contributed by atoms with E-state index in [4.69, 9.17) is 19.2 Å². The van der Waals surface area contributed by atoms with Crippen molar-refractivity contribution in [1.29, 1.82) is 0 Å². The Labute approximate surface area is 115 Å². The number of rotatable bonds is 4. The lowest BCUT2D eigenvalue weighted by atomic mass is 10.2. The molecule has 0 aliphatic carbocycles. The fourth-order valence-corrected chi connectivity index (χ4v) is 1.80. The SMILES string of the molecule is O=C(OOCc1ccccc1)c1ccc2c(c1)OCO2. The topological polar surface area (TPSA) is 54.0 Å². The summed E-state index contributed by atoms with van der Waals surface area (Å²) in [5.74, 6) is 0.577. The number of benzene rings is 2. The van der Waals surface area contributed by atoms with E-state index in [1.165, 1.54) is 0 Å². The van der Waals surface area contributed by atoms with Gasteiger partial charge in [-0.1, -0.05) is 30.3 Å². The van der Waals surface area contributed by atoms with Crippen molar-refractivity contribution in [1.82, 2.24) is 0 Å². The third-order valence-corrected chi connectivity index (χ3v) is 2.81. The Morgan fingerprint density at radius 2 is 1.85 bits per heavy atom. The van der Waals surface area contributed by atoms with Gasteiger partial charge >= 0.3 is 5.97 Å². The van der Waals surface area contributed by atoms with E-state index in [0.29, 0.717) is 17.1 Å². The number of carbonyl (C=O) groups is 1. The molecule has 1 aliphatic heterocycles. The van der Waals surface area contributed by atoms with Crippen LogP contribution in [0.4, 0.5) is 0 Å². The third kappa shape index (κ3) is 2.73. The summed E-state index contributed by atoms with van der Waals surface area (Å²) in [6, 6.07) is 14.3. The molecule has 0 fully saturated rings. The highest BCUT2D eigenvalue weighted by Crippen LogP contribution is 2.32. The van der Waals surface area contributed by atoms with Crippen LogP contribution in [-0.2, 0) is 16.4 Å². The van der Waals surface area contributed by atoms with Crippen LogP contribution in [0.25, 0.3) is 0 Å². The van der Waals surface area contributed by atoms with Crippen LogP contribution in [0.5, 0.6) is 11.5 Å². The Morgan fingerprint density at radius 3 is 2.70 bits per heavy atom. The molecule has 0 aromatic heterocycles. The van der Waals surface area contributed by atoms with Gasteiger partial charge in [0.1, 0.15) is 6.61 Å². The molecule has 0 atom stereocenters. The molecule has 0 amide bonds. The average Bonchev–Trinajstić information content (AvgIpc) is 2.95. The van der Waals surface area contributed by atoms with Crippen LogP contribution in [0.2, 0.25) is 0 Å². The van der Waals surface area contributed by atoms with Crippen molar-refractivity contribution in [2.45, 2.75) is 6.61 Å². The lowest BCUT2D eigenvalue weighted by molar-refractivity contribution is -0.250. The summed E-state index contributed by atoms with van der Waals surface area (Å²) >= 11 is 0. The van der Waals surface area contributed by atoms with Gasteiger partial charge in [-0.3, -0.25) is 4.89 Å². The molecule has 2 aromatic carbocycles. The van der Waals surface area contributed by atoms with Crippen LogP contribution in [0.15, 0.2) is 48.5 Å². The van der Waals surface area contributed by atoms with Crippen LogP contribution < -0.4 is 9.47 Å². The van der Waals surface area contributed by atoms with Crippen molar-refractivity contribution in [3.63, 3.8) is 0 Å². The standard InChI is InChI=1S/C15H12O5/c16-15(20-19-9-11-4-2-1-3-5-11)12-6-7-13-14(8-12)18-10-17-13/h1-8H,9-10H2. The van der Waals surface area contributed by atoms with Gasteiger partial charge in [0.25, 0.3) is 0 Å². The van der Waals surface area contributed by atoms with E-state index in [0.717, 1.165) is 5.56 Å². The molecule has 5 heteroatoms. The molecule has 5 nitrogen and oxygen atoms in total. The molecular formula is C15H12O5. The number of ether oxygens (including phenoxy) is 2. The van der Waals surface area contributed by atoms with E-state index in [2.05, 4.69) is 0 Å². The number of hydrogen-bond acceptors (Lipinski definition) is 5. The second-order valence-electron chi connectivity index (χ2n) is 4.19. The summed E-state index contributed by atoms with van der Waals surface area (Å²) in [5.41, 5.74) is 1.27. The van der Waals surface area contributed by atoms with E-state index in [9.17, 15) is 4.79 Å². The maximum atomic E-state index is 11.8. The van der Waals surface area contributed by atoms with Crippen molar-refractivity contribution < 1.29 is 24.0 Å². The predicted molar refractivity (Wildman–Crippen MR) is 69.2 cm³/mol. The van der Waals surface area contributed by atoms with Crippen molar-refractivity contribution in [3.05, 3.63) is 59.7 Å². The molecule has 20 heavy (non-hydrogen) atoms. The first-order valence-electron chi connectivity index (χ1n) is 6.10. The van der Waals surface area contributed by atoms with Crippen LogP contribution >= 0.6 is 0 Å². The van der Waals surface area contributed by atoms with E-state index in [1.807, 2.05) is 30.3 Å². The molecule has 3 rings (SSSR count). The predicted octanol–water partition coefficient (Wildman–Crippen LogP) is 2.70. The lowest BCUT2D eigenvalue weighted by Gasteiger charge is -2.04. The minimum atomic E-state index is -0.570. The van der Waals surface area contributed by atoms with Crippen LogP contribution in [-0.4, -0.2) is 12.8 Å². The van der Waals surface area contributed by atoms with Gasteiger partial charge in [-0.15, -0.1) is 0 Å². The molecule has 0 unspecified atom stereocenters. The molecule has 0 bridgehead atoms. The Kier molecular flexibility index (Phi) is 3.52. The van der Waals surface area contributed by atoms with Crippen LogP contribution in [0.1, 0.15) is 15.9 Å². The lowest BCUT2D eigenvalue weighted by Crippen LogP contribution is -2.06. The molecular weight excluding hydrogens is 260 g/mol. The Hall–Kier alpha value is -2.53. The first kappa shape index (κ1) is 12.5. The first-order chi connectivity index (χ1) is 9.83. The van der Waals surface area contributed by atoms with Crippen molar-refractivity contribution >= 4 is 5.97 Å². The minimum Gasteiger partial charge on any atom is -0.454 e. The summed E-state index contributed by atoms with van der Waals surface area (Å²) in [7, 11) is 0. The van der Waals surface area contributed by atoms with Gasteiger partial charge in [0.05, 0.1) is 5.56 Å². The summed E-state index contributed by atoms with van der Waals surface area (Å²) in [5, 5.41) is 0. The van der Waals surface area contributed by atoms with Gasteiger partial charge in [-0.05, 0) is 23.8 Å². The quantitative estimate of drug-likeness (QED) is 0.632. The fraction of sp³-hybridized carbons (Fsp3) is 0.133. The van der Waals surface area contributed by atoms with Gasteiger partial charge in [-0.25, -0.2) is 4.79 Å². The van der Waals surface area contributed by atoms with E-state index in [1.54, 1.807) is 18.2 Å². The molecule has 0 saturated carbocycles. The summed E-state index contributed by atoms with van der Waals surface area (Å²) in [6.07, 6.45) is 0. The van der Waals surface area contributed by atoms with Gasteiger partial charge in [0.15, 0.2) is 11.5 Å². The number of hydrogen-bond donors (Lipinski definition) is 0. The zero-order chi connectivity index (χ0) is 13.8. The van der Waals surface area contributed by atoms with Crippen molar-refractivity contribution in [3.8, 4) is 11.5 Å². The van der Waals surface area contributed by atoms with Gasteiger partial charge in [-0.2, -0.15) is 4.89 Å². The number of fused-ring (bicyclic) bond motifs is 1. The van der Waals surface area contributed by atoms with E-state index >= 15 is 0 Å². The summed E-state index contributed by atoms with van der Waals surface area (Å²) < 4.78 is 10.4. The van der Waals surface area contributed by atoms with Crippen molar-refractivity contribution in [2.24, 2.45) is 0 Å². The molecule has 0 saturated heterocycles. The second-order valence-corrected chi connectivity index (χ2v) is 4.19. The highest BCUT2D eigenvalue weighted by molar-refractivity contribution is 5.89. The smallest absolute Gasteiger partial charge is 0.373 e. The third-order valence-electron chi connectivity index (χ3n) is 2.81. The molecule has 2 aromatic rings. The Bertz CT molecular complexity index is 609. The normalized spacial score (nSPS) is 12.2. The van der Waals surface area contributed by atoms with Crippen molar-refractivity contribution in [2.75, 3.05) is 6.79 Å². The Morgan fingerprint density at radius 1 is 1.05 bits per heavy atom. The number of carbonyl (C=O) groups excluding carboxylic acids is 1.